The van der Waals surface area contributed by atoms with Crippen LogP contribution in [0.25, 0.3) is 10.9 Å². The molecular formula is C7H5IN2O. The number of nitrogens with one attached hydrogen (secondary N) is 1. The minimum atomic E-state index is 0.278. The van der Waals surface area contributed by atoms with Crippen LogP contribution in [0.5, 0.6) is 5.75 Å². The molecule has 56 valence electrons. The van der Waals surface area contributed by atoms with Crippen LogP contribution in [0.15, 0.2) is 18.2 Å². The Balaban J connectivity index is 2.96. The highest BCUT2D eigenvalue weighted by Gasteiger charge is 2.05. The van der Waals surface area contributed by atoms with Crippen molar-refractivity contribution < 1.29 is 5.11 Å². The van der Waals surface area contributed by atoms with E-state index in [-0.39, 0.29) is 5.75 Å². The normalized spacial score (nSPS) is 10.6. The lowest BCUT2D eigenvalue weighted by molar-refractivity contribution is 0.481. The average Bonchev–Trinajstić information content (AvgIpc) is 2.34. The molecule has 0 aliphatic heterocycles. The van der Waals surface area contributed by atoms with E-state index >= 15 is 0 Å². The summed E-state index contributed by atoms with van der Waals surface area (Å²) in [5, 5.41) is 17.0. The molecule has 0 spiro atoms. The van der Waals surface area contributed by atoms with Crippen LogP contribution < -0.4 is 0 Å². The van der Waals surface area contributed by atoms with Crippen LogP contribution in [0.1, 0.15) is 0 Å². The molecule has 11 heavy (non-hydrogen) atoms. The van der Waals surface area contributed by atoms with Crippen molar-refractivity contribution in [3.8, 4) is 5.75 Å². The van der Waals surface area contributed by atoms with Gasteiger partial charge in [0.25, 0.3) is 0 Å². The minimum Gasteiger partial charge on any atom is -0.507 e. The van der Waals surface area contributed by atoms with Crippen LogP contribution in [-0.2, 0) is 0 Å². The van der Waals surface area contributed by atoms with Crippen molar-refractivity contribution in [2.24, 2.45) is 0 Å². The van der Waals surface area contributed by atoms with Crippen molar-refractivity contribution in [2.75, 3.05) is 0 Å². The summed E-state index contributed by atoms with van der Waals surface area (Å²) in [4.78, 5) is 0. The summed E-state index contributed by atoms with van der Waals surface area (Å²) < 4.78 is 0.871. The zero-order valence-corrected chi connectivity index (χ0v) is 7.66. The van der Waals surface area contributed by atoms with Gasteiger partial charge in [-0.1, -0.05) is 6.07 Å². The van der Waals surface area contributed by atoms with Crippen LogP contribution in [0.2, 0.25) is 0 Å². The fourth-order valence-corrected chi connectivity index (χ4v) is 1.68. The summed E-state index contributed by atoms with van der Waals surface area (Å²) >= 11 is 2.10. The van der Waals surface area contributed by atoms with Crippen molar-refractivity contribution in [1.29, 1.82) is 0 Å². The lowest BCUT2D eigenvalue weighted by atomic mass is 10.2. The predicted octanol–water partition coefficient (Wildman–Crippen LogP) is 1.87. The first kappa shape index (κ1) is 6.90. The molecule has 0 saturated carbocycles. The summed E-state index contributed by atoms with van der Waals surface area (Å²) in [5.41, 5.74) is 0.800. The predicted molar refractivity (Wildman–Crippen MR) is 50.5 cm³/mol. The van der Waals surface area contributed by atoms with Gasteiger partial charge in [-0.3, -0.25) is 5.10 Å². The molecule has 0 radical (unpaired) electrons. The molecule has 0 aliphatic rings. The van der Waals surface area contributed by atoms with Crippen molar-refractivity contribution >= 4 is 33.5 Å². The van der Waals surface area contributed by atoms with E-state index in [0.29, 0.717) is 0 Å². The Hall–Kier alpha value is -0.780. The third-order valence-electron chi connectivity index (χ3n) is 1.51. The van der Waals surface area contributed by atoms with Gasteiger partial charge >= 0.3 is 0 Å². The topological polar surface area (TPSA) is 48.9 Å². The number of phenols is 1. The highest BCUT2D eigenvalue weighted by atomic mass is 127. The third kappa shape index (κ3) is 0.973. The maximum Gasteiger partial charge on any atom is 0.127 e. The first-order valence-electron chi connectivity index (χ1n) is 3.10. The van der Waals surface area contributed by atoms with Gasteiger partial charge in [-0.15, -0.1) is 0 Å². The number of rotatable bonds is 0. The third-order valence-corrected chi connectivity index (χ3v) is 2.30. The first-order valence-corrected chi connectivity index (χ1v) is 4.18. The number of H-pyrrole nitrogens is 1. The van der Waals surface area contributed by atoms with Gasteiger partial charge in [0.15, 0.2) is 0 Å². The van der Waals surface area contributed by atoms with Crippen LogP contribution in [0, 0.1) is 3.70 Å². The number of aromatic amines is 1. The van der Waals surface area contributed by atoms with Gasteiger partial charge in [-0.25, -0.2) is 0 Å². The number of hydrogen-bond donors (Lipinski definition) is 2. The second-order valence-electron chi connectivity index (χ2n) is 2.21. The van der Waals surface area contributed by atoms with E-state index in [1.54, 1.807) is 12.1 Å². The average molecular weight is 260 g/mol. The molecule has 1 aromatic heterocycles. The van der Waals surface area contributed by atoms with Crippen molar-refractivity contribution in [3.63, 3.8) is 0 Å². The number of fused-ring (bicyclic) bond motifs is 1. The molecule has 0 bridgehead atoms. The first-order chi connectivity index (χ1) is 5.29. The Morgan fingerprint density at radius 3 is 3.00 bits per heavy atom. The number of benzene rings is 1. The fourth-order valence-electron chi connectivity index (χ4n) is 1.01. The van der Waals surface area contributed by atoms with Crippen LogP contribution in [0.3, 0.4) is 0 Å². The molecule has 2 aromatic rings. The standard InChI is InChI=1S/C7H5IN2O/c8-7-6-4(9-10-7)2-1-3-5(6)11/h1-3,11H,(H,9,10). The maximum atomic E-state index is 9.38. The number of phenolic OH excluding ortho intramolecular Hbond substituents is 1. The van der Waals surface area contributed by atoms with Crippen LogP contribution >= 0.6 is 22.6 Å². The Labute approximate surface area is 76.6 Å². The molecule has 0 saturated heterocycles. The highest BCUT2D eigenvalue weighted by Crippen LogP contribution is 2.26. The van der Waals surface area contributed by atoms with Gasteiger partial charge in [0.05, 0.1) is 10.9 Å². The Kier molecular flexibility index (Phi) is 1.49. The smallest absolute Gasteiger partial charge is 0.127 e. The number of nitrogens with zero attached hydrogens (tertiary/aromatic N) is 1. The van der Waals surface area contributed by atoms with Crippen LogP contribution in [0.4, 0.5) is 0 Å². The van der Waals surface area contributed by atoms with Gasteiger partial charge in [-0.05, 0) is 34.7 Å². The molecule has 0 amide bonds. The molecule has 0 atom stereocenters. The van der Waals surface area contributed by atoms with E-state index in [0.717, 1.165) is 14.6 Å². The van der Waals surface area contributed by atoms with Gasteiger partial charge < -0.3 is 5.11 Å². The molecule has 0 fully saturated rings. The van der Waals surface area contributed by atoms with E-state index in [2.05, 4.69) is 32.8 Å². The molecule has 3 nitrogen and oxygen atoms in total. The molecule has 2 N–H and O–H groups in total. The van der Waals surface area contributed by atoms with E-state index in [4.69, 9.17) is 0 Å². The lowest BCUT2D eigenvalue weighted by Crippen LogP contribution is -1.69. The minimum absolute atomic E-state index is 0.278. The largest absolute Gasteiger partial charge is 0.507 e. The van der Waals surface area contributed by atoms with Gasteiger partial charge in [0, 0.05) is 0 Å². The van der Waals surface area contributed by atoms with E-state index in [1.165, 1.54) is 0 Å². The van der Waals surface area contributed by atoms with Gasteiger partial charge in [-0.2, -0.15) is 5.10 Å². The lowest BCUT2D eigenvalue weighted by Gasteiger charge is -1.91. The van der Waals surface area contributed by atoms with E-state index in [9.17, 15) is 5.11 Å². The SMILES string of the molecule is Oc1cccc2n[nH]c(I)c12. The van der Waals surface area contributed by atoms with Crippen molar-refractivity contribution in [1.82, 2.24) is 10.2 Å². The van der Waals surface area contributed by atoms with E-state index in [1.807, 2.05) is 6.07 Å². The maximum absolute atomic E-state index is 9.38. The molecule has 4 heteroatoms. The number of halogens is 1. The fraction of sp³-hybridized carbons (Fsp3) is 0. The Morgan fingerprint density at radius 2 is 2.27 bits per heavy atom. The highest BCUT2D eigenvalue weighted by molar-refractivity contribution is 14.1. The summed E-state index contributed by atoms with van der Waals surface area (Å²) in [5.74, 6) is 0.278. The molecule has 1 heterocycles. The molecular weight excluding hydrogens is 255 g/mol. The number of aromatic hydroxyl groups is 1. The Morgan fingerprint density at radius 1 is 1.45 bits per heavy atom. The van der Waals surface area contributed by atoms with Gasteiger partial charge in [0.1, 0.15) is 9.45 Å². The summed E-state index contributed by atoms with van der Waals surface area (Å²) in [6, 6.07) is 5.28. The second kappa shape index (κ2) is 2.37. The summed E-state index contributed by atoms with van der Waals surface area (Å²) in [7, 11) is 0. The van der Waals surface area contributed by atoms with Crippen molar-refractivity contribution in [3.05, 3.63) is 21.9 Å². The summed E-state index contributed by atoms with van der Waals surface area (Å²) in [6.45, 7) is 0. The molecule has 0 unspecified atom stereocenters. The number of hydrogen-bond acceptors (Lipinski definition) is 2. The number of aromatic nitrogens is 2. The van der Waals surface area contributed by atoms with Gasteiger partial charge in [0.2, 0.25) is 0 Å². The monoisotopic (exact) mass is 260 g/mol. The zero-order chi connectivity index (χ0) is 7.84. The quantitative estimate of drug-likeness (QED) is 0.710. The van der Waals surface area contributed by atoms with Crippen LogP contribution in [-0.4, -0.2) is 15.3 Å². The Bertz CT molecular complexity index is 396. The summed E-state index contributed by atoms with van der Waals surface area (Å²) in [6.07, 6.45) is 0. The van der Waals surface area contributed by atoms with Crippen molar-refractivity contribution in [2.45, 2.75) is 0 Å². The molecule has 1 aromatic carbocycles. The molecule has 0 aliphatic carbocycles. The second-order valence-corrected chi connectivity index (χ2v) is 3.29. The zero-order valence-electron chi connectivity index (χ0n) is 5.50. The molecule has 2 rings (SSSR count). The van der Waals surface area contributed by atoms with E-state index < -0.39 is 0 Å².